The molecule has 5 heteroatoms. The predicted molar refractivity (Wildman–Crippen MR) is 57.0 cm³/mol. The third-order valence-corrected chi connectivity index (χ3v) is 2.55. The third-order valence-electron chi connectivity index (χ3n) is 1.73. The molecule has 0 fully saturated rings. The van der Waals surface area contributed by atoms with E-state index in [-0.39, 0.29) is 0 Å². The van der Waals surface area contributed by atoms with Crippen molar-refractivity contribution in [3.05, 3.63) is 22.2 Å². The summed E-state index contributed by atoms with van der Waals surface area (Å²) in [5, 5.41) is 0.931. The van der Waals surface area contributed by atoms with Crippen LogP contribution in [0.4, 0.5) is 5.69 Å². The van der Waals surface area contributed by atoms with Gasteiger partial charge in [-0.3, -0.25) is 4.68 Å². The van der Waals surface area contributed by atoms with Crippen molar-refractivity contribution in [3.63, 3.8) is 0 Å². The molecule has 0 saturated heterocycles. The average molecular weight is 274 g/mol. The Morgan fingerprint density at radius 1 is 1.50 bits per heavy atom. The zero-order valence-corrected chi connectivity index (χ0v) is 8.32. The van der Waals surface area contributed by atoms with Crippen molar-refractivity contribution in [1.29, 1.82) is 0 Å². The van der Waals surface area contributed by atoms with E-state index in [0.29, 0.717) is 5.69 Å². The molecule has 0 atom stereocenters. The lowest BCUT2D eigenvalue weighted by molar-refractivity contribution is 1.07. The Labute approximate surface area is 82.7 Å². The first-order valence-electron chi connectivity index (χ1n) is 3.36. The van der Waals surface area contributed by atoms with E-state index in [2.05, 4.69) is 27.6 Å². The maximum absolute atomic E-state index is 5.73. The molecule has 4 nitrogen and oxygen atoms in total. The summed E-state index contributed by atoms with van der Waals surface area (Å²) in [6, 6.07) is 1.84. The smallest absolute Gasteiger partial charge is 0.112 e. The number of hydrogen-bond acceptors (Lipinski definition) is 3. The Kier molecular flexibility index (Phi) is 1.60. The van der Waals surface area contributed by atoms with Gasteiger partial charge in [0.05, 0.1) is 22.8 Å². The number of nitrogens with zero attached hydrogens (tertiary/aromatic N) is 2. The van der Waals surface area contributed by atoms with E-state index >= 15 is 0 Å². The maximum Gasteiger partial charge on any atom is 0.112 e. The van der Waals surface area contributed by atoms with E-state index in [9.17, 15) is 0 Å². The van der Waals surface area contributed by atoms with Crippen molar-refractivity contribution < 1.29 is 0 Å². The van der Waals surface area contributed by atoms with Crippen molar-refractivity contribution in [1.82, 2.24) is 9.66 Å². The minimum Gasteiger partial charge on any atom is -0.397 e. The number of fused-ring (bicyclic) bond motifs is 1. The molecule has 62 valence electrons. The molecule has 0 amide bonds. The number of anilines is 1. The Morgan fingerprint density at radius 2 is 2.25 bits per heavy atom. The van der Waals surface area contributed by atoms with Crippen molar-refractivity contribution >= 4 is 39.2 Å². The predicted octanol–water partition coefficient (Wildman–Crippen LogP) is 0.937. The second kappa shape index (κ2) is 2.51. The lowest BCUT2D eigenvalue weighted by Crippen LogP contribution is -2.05. The van der Waals surface area contributed by atoms with Gasteiger partial charge >= 0.3 is 0 Å². The Balaban J connectivity index is 2.99. The van der Waals surface area contributed by atoms with Crippen molar-refractivity contribution in [2.45, 2.75) is 0 Å². The summed E-state index contributed by atoms with van der Waals surface area (Å²) in [6.07, 6.45) is 3.40. The molecule has 0 bridgehead atoms. The van der Waals surface area contributed by atoms with Crippen LogP contribution in [0.2, 0.25) is 0 Å². The molecule has 0 aromatic carbocycles. The van der Waals surface area contributed by atoms with Gasteiger partial charge in [0.25, 0.3) is 0 Å². The third kappa shape index (κ3) is 0.927. The van der Waals surface area contributed by atoms with Crippen LogP contribution in [0.3, 0.4) is 0 Å². The van der Waals surface area contributed by atoms with Gasteiger partial charge < -0.3 is 11.6 Å². The van der Waals surface area contributed by atoms with Crippen LogP contribution in [0.1, 0.15) is 0 Å². The number of hydrogen-bond donors (Lipinski definition) is 2. The van der Waals surface area contributed by atoms with E-state index in [1.807, 2.05) is 6.07 Å². The molecule has 0 unspecified atom stereocenters. The van der Waals surface area contributed by atoms with Crippen LogP contribution in [0.25, 0.3) is 10.9 Å². The second-order valence-electron chi connectivity index (χ2n) is 2.49. The number of pyridine rings is 1. The van der Waals surface area contributed by atoms with Crippen LogP contribution in [0.5, 0.6) is 0 Å². The van der Waals surface area contributed by atoms with E-state index < -0.39 is 0 Å². The van der Waals surface area contributed by atoms with Gasteiger partial charge in [-0.2, -0.15) is 0 Å². The lowest BCUT2D eigenvalue weighted by atomic mass is 10.3. The summed E-state index contributed by atoms with van der Waals surface area (Å²) < 4.78 is 2.39. The molecule has 0 spiro atoms. The average Bonchev–Trinajstić information content (AvgIpc) is 2.29. The molecule has 2 heterocycles. The van der Waals surface area contributed by atoms with Crippen molar-refractivity contribution in [2.75, 3.05) is 11.6 Å². The number of halogens is 1. The molecule has 0 aliphatic rings. The van der Waals surface area contributed by atoms with E-state index in [1.54, 1.807) is 12.4 Å². The Hall–Kier alpha value is -0.980. The molecule has 2 aromatic heterocycles. The molecule has 2 aromatic rings. The van der Waals surface area contributed by atoms with Crippen LogP contribution >= 0.6 is 22.6 Å². The molecule has 0 aliphatic carbocycles. The van der Waals surface area contributed by atoms with Gasteiger partial charge in [0.1, 0.15) is 3.70 Å². The summed E-state index contributed by atoms with van der Waals surface area (Å²) in [5.41, 5.74) is 7.31. The van der Waals surface area contributed by atoms with Crippen molar-refractivity contribution in [2.24, 2.45) is 0 Å². The first-order chi connectivity index (χ1) is 5.70. The summed E-state index contributed by atoms with van der Waals surface area (Å²) in [7, 11) is 0. The van der Waals surface area contributed by atoms with Crippen LogP contribution in [-0.2, 0) is 0 Å². The number of aromatic nitrogens is 2. The van der Waals surface area contributed by atoms with Crippen LogP contribution in [0, 0.1) is 3.70 Å². The highest BCUT2D eigenvalue weighted by Gasteiger charge is 2.07. The molecule has 12 heavy (non-hydrogen) atoms. The normalized spacial score (nSPS) is 10.8. The maximum atomic E-state index is 5.73. The van der Waals surface area contributed by atoms with Crippen LogP contribution in [0.15, 0.2) is 18.5 Å². The fourth-order valence-corrected chi connectivity index (χ4v) is 1.94. The minimum absolute atomic E-state index is 0.671. The van der Waals surface area contributed by atoms with Gasteiger partial charge in [0.15, 0.2) is 0 Å². The van der Waals surface area contributed by atoms with E-state index in [4.69, 9.17) is 11.6 Å². The summed E-state index contributed by atoms with van der Waals surface area (Å²) in [4.78, 5) is 4.12. The van der Waals surface area contributed by atoms with E-state index in [0.717, 1.165) is 14.6 Å². The van der Waals surface area contributed by atoms with Gasteiger partial charge in [0.2, 0.25) is 0 Å². The number of nitrogen functional groups attached to an aromatic ring is 2. The zero-order valence-electron chi connectivity index (χ0n) is 6.16. The van der Waals surface area contributed by atoms with Crippen LogP contribution < -0.4 is 11.6 Å². The molecule has 4 N–H and O–H groups in total. The van der Waals surface area contributed by atoms with Gasteiger partial charge in [0, 0.05) is 6.20 Å². The fraction of sp³-hybridized carbons (Fsp3) is 0. The van der Waals surface area contributed by atoms with Gasteiger partial charge in [-0.1, -0.05) is 0 Å². The molecular weight excluding hydrogens is 267 g/mol. The standard InChI is InChI=1S/C7H7IN4/c8-7-6-4(9)3-12(10)5(6)1-2-11-7/h1-3H,9-10H2. The van der Waals surface area contributed by atoms with Gasteiger partial charge in [-0.05, 0) is 28.7 Å². The van der Waals surface area contributed by atoms with E-state index in [1.165, 1.54) is 4.68 Å². The lowest BCUT2D eigenvalue weighted by Gasteiger charge is -1.95. The summed E-state index contributed by atoms with van der Waals surface area (Å²) in [6.45, 7) is 0. The Bertz CT molecular complexity index is 434. The molecule has 0 aliphatic heterocycles. The highest BCUT2D eigenvalue weighted by Crippen LogP contribution is 2.24. The quantitative estimate of drug-likeness (QED) is 0.426. The topological polar surface area (TPSA) is 69.9 Å². The first-order valence-corrected chi connectivity index (χ1v) is 4.44. The highest BCUT2D eigenvalue weighted by atomic mass is 127. The summed E-state index contributed by atoms with van der Waals surface area (Å²) in [5.74, 6) is 5.65. The fourth-order valence-electron chi connectivity index (χ4n) is 1.19. The van der Waals surface area contributed by atoms with Gasteiger partial charge in [-0.25, -0.2) is 4.98 Å². The first kappa shape index (κ1) is 7.66. The Morgan fingerprint density at radius 3 is 2.92 bits per heavy atom. The summed E-state index contributed by atoms with van der Waals surface area (Å²) >= 11 is 2.14. The molecule has 0 saturated carbocycles. The number of rotatable bonds is 0. The molecular formula is C7H7IN4. The van der Waals surface area contributed by atoms with Crippen LogP contribution in [-0.4, -0.2) is 9.66 Å². The SMILES string of the molecule is Nc1cn(N)c2ccnc(I)c12. The number of nitrogens with two attached hydrogens (primary N) is 2. The largest absolute Gasteiger partial charge is 0.397 e. The molecule has 2 rings (SSSR count). The zero-order chi connectivity index (χ0) is 8.72. The highest BCUT2D eigenvalue weighted by molar-refractivity contribution is 14.1. The molecule has 0 radical (unpaired) electrons. The van der Waals surface area contributed by atoms with Crippen molar-refractivity contribution in [3.8, 4) is 0 Å². The minimum atomic E-state index is 0.671. The second-order valence-corrected chi connectivity index (χ2v) is 3.51. The van der Waals surface area contributed by atoms with Gasteiger partial charge in [-0.15, -0.1) is 0 Å². The monoisotopic (exact) mass is 274 g/mol.